The van der Waals surface area contributed by atoms with E-state index in [1.165, 1.54) is 23.5 Å². The van der Waals surface area contributed by atoms with Crippen LogP contribution >= 0.6 is 11.3 Å². The normalized spacial score (nSPS) is 11.9. The van der Waals surface area contributed by atoms with E-state index in [2.05, 4.69) is 24.8 Å². The number of likely N-dealkylation sites (N-methyl/N-ethyl adjacent to an activating group) is 1. The molecule has 0 aliphatic carbocycles. The first-order valence-corrected chi connectivity index (χ1v) is 13.1. The number of aryl methyl sites for hydroxylation is 2. The number of benzene rings is 2. The van der Waals surface area contributed by atoms with Crippen LogP contribution < -0.4 is 4.90 Å². The lowest BCUT2D eigenvalue weighted by Crippen LogP contribution is -2.39. The van der Waals surface area contributed by atoms with Crippen molar-refractivity contribution in [2.24, 2.45) is 0 Å². The third kappa shape index (κ3) is 5.14. The van der Waals surface area contributed by atoms with Gasteiger partial charge in [-0.3, -0.25) is 9.69 Å². The van der Waals surface area contributed by atoms with Gasteiger partial charge in [0, 0.05) is 24.9 Å². The fourth-order valence-electron chi connectivity index (χ4n) is 3.41. The third-order valence-electron chi connectivity index (χ3n) is 5.59. The monoisotopic (exact) mass is 459 g/mol. The largest absolute Gasteiger partial charge is 0.302 e. The zero-order valence-electron chi connectivity index (χ0n) is 18.7. The van der Waals surface area contributed by atoms with Gasteiger partial charge >= 0.3 is 0 Å². The number of fused-ring (bicyclic) bond motifs is 1. The number of nitrogens with zero attached hydrogens (tertiary/aromatic N) is 3. The van der Waals surface area contributed by atoms with Crippen LogP contribution in [0.1, 0.15) is 35.3 Å². The second kappa shape index (κ2) is 9.46. The van der Waals surface area contributed by atoms with Crippen molar-refractivity contribution >= 4 is 42.4 Å². The molecule has 0 fully saturated rings. The van der Waals surface area contributed by atoms with Crippen LogP contribution in [0.25, 0.3) is 10.2 Å². The Bertz CT molecular complexity index is 1200. The molecule has 0 radical (unpaired) electrons. The predicted molar refractivity (Wildman–Crippen MR) is 128 cm³/mol. The van der Waals surface area contributed by atoms with Gasteiger partial charge in [0.1, 0.15) is 0 Å². The highest BCUT2D eigenvalue weighted by molar-refractivity contribution is 7.90. The van der Waals surface area contributed by atoms with Crippen LogP contribution in [0.4, 0.5) is 5.13 Å². The number of anilines is 1. The predicted octanol–water partition coefficient (Wildman–Crippen LogP) is 4.31. The fraction of sp³-hybridized carbons (Fsp3) is 0.391. The first-order valence-electron chi connectivity index (χ1n) is 10.4. The second-order valence-electron chi connectivity index (χ2n) is 7.63. The minimum absolute atomic E-state index is 0.137. The maximum atomic E-state index is 13.5. The van der Waals surface area contributed by atoms with E-state index in [0.29, 0.717) is 23.8 Å². The number of carbonyl (C=O) groups excluding carboxylic acids is 1. The van der Waals surface area contributed by atoms with E-state index in [1.54, 1.807) is 17.0 Å². The summed E-state index contributed by atoms with van der Waals surface area (Å²) in [6, 6.07) is 10.3. The number of aromatic nitrogens is 1. The topological polar surface area (TPSA) is 70.6 Å². The molecule has 3 rings (SSSR count). The van der Waals surface area contributed by atoms with Crippen molar-refractivity contribution < 1.29 is 13.2 Å². The first-order chi connectivity index (χ1) is 14.7. The van der Waals surface area contributed by atoms with Gasteiger partial charge in [0.25, 0.3) is 5.91 Å². The van der Waals surface area contributed by atoms with Gasteiger partial charge in [0.15, 0.2) is 15.0 Å². The highest BCUT2D eigenvalue weighted by Crippen LogP contribution is 2.32. The summed E-state index contributed by atoms with van der Waals surface area (Å²) in [4.78, 5) is 22.4. The summed E-state index contributed by atoms with van der Waals surface area (Å²) in [6.07, 6.45) is 1.15. The molecule has 31 heavy (non-hydrogen) atoms. The van der Waals surface area contributed by atoms with Crippen molar-refractivity contribution in [3.8, 4) is 0 Å². The van der Waals surface area contributed by atoms with Gasteiger partial charge in [-0.25, -0.2) is 13.4 Å². The van der Waals surface area contributed by atoms with E-state index in [1.807, 2.05) is 19.9 Å². The van der Waals surface area contributed by atoms with Gasteiger partial charge in [-0.2, -0.15) is 0 Å². The molecule has 0 aliphatic heterocycles. The summed E-state index contributed by atoms with van der Waals surface area (Å²) in [5, 5.41) is 0.630. The molecular weight excluding hydrogens is 430 g/mol. The fourth-order valence-corrected chi connectivity index (χ4v) is 5.13. The molecule has 0 aliphatic rings. The van der Waals surface area contributed by atoms with Crippen LogP contribution in [0.15, 0.2) is 41.3 Å². The number of carbonyl (C=O) groups is 1. The quantitative estimate of drug-likeness (QED) is 0.502. The van der Waals surface area contributed by atoms with Crippen LogP contribution in [0.2, 0.25) is 0 Å². The van der Waals surface area contributed by atoms with Crippen molar-refractivity contribution in [3.05, 3.63) is 53.1 Å². The summed E-state index contributed by atoms with van der Waals surface area (Å²) in [5.74, 6) is -0.244. The summed E-state index contributed by atoms with van der Waals surface area (Å²) in [5.41, 5.74) is 3.52. The van der Waals surface area contributed by atoms with Crippen LogP contribution in [0.3, 0.4) is 0 Å². The zero-order chi connectivity index (χ0) is 22.8. The number of thiazole rings is 1. The summed E-state index contributed by atoms with van der Waals surface area (Å²) in [7, 11) is -3.41. The number of rotatable bonds is 8. The van der Waals surface area contributed by atoms with E-state index < -0.39 is 9.84 Å². The molecule has 0 saturated heterocycles. The Morgan fingerprint density at radius 3 is 2.42 bits per heavy atom. The van der Waals surface area contributed by atoms with E-state index in [4.69, 9.17) is 4.98 Å². The van der Waals surface area contributed by atoms with E-state index in [0.717, 1.165) is 40.7 Å². The third-order valence-corrected chi connectivity index (χ3v) is 7.75. The minimum Gasteiger partial charge on any atom is -0.302 e. The Kier molecular flexibility index (Phi) is 7.13. The van der Waals surface area contributed by atoms with Gasteiger partial charge in [-0.1, -0.05) is 37.3 Å². The molecule has 2 aromatic carbocycles. The van der Waals surface area contributed by atoms with E-state index in [-0.39, 0.29) is 10.8 Å². The van der Waals surface area contributed by atoms with Gasteiger partial charge in [0.2, 0.25) is 0 Å². The lowest BCUT2D eigenvalue weighted by molar-refractivity contribution is 0.0983. The minimum atomic E-state index is -3.41. The Hall–Kier alpha value is -2.29. The molecule has 3 aromatic rings. The van der Waals surface area contributed by atoms with Crippen molar-refractivity contribution in [2.45, 2.75) is 32.6 Å². The Morgan fingerprint density at radius 1 is 1.06 bits per heavy atom. The number of sulfone groups is 1. The van der Waals surface area contributed by atoms with Crippen LogP contribution in [0, 0.1) is 13.8 Å². The highest BCUT2D eigenvalue weighted by Gasteiger charge is 2.23. The lowest BCUT2D eigenvalue weighted by atomic mass is 10.1. The van der Waals surface area contributed by atoms with Gasteiger partial charge in [-0.05, 0) is 62.3 Å². The molecule has 1 amide bonds. The number of amides is 1. The standard InChI is InChI=1S/C23H29N3O3S2/c1-6-25(7-2)13-14-26(22(27)18-9-8-10-19(15-18)31(5,28)29)23-24-21-17(4)16(3)11-12-20(21)30-23/h8-12,15H,6-7,13-14H2,1-5H3. The van der Waals surface area contributed by atoms with Crippen molar-refractivity contribution in [2.75, 3.05) is 37.3 Å². The van der Waals surface area contributed by atoms with Crippen LogP contribution in [-0.2, 0) is 9.84 Å². The molecule has 0 unspecified atom stereocenters. The highest BCUT2D eigenvalue weighted by atomic mass is 32.2. The summed E-state index contributed by atoms with van der Waals surface area (Å²) >= 11 is 1.49. The smallest absolute Gasteiger partial charge is 0.260 e. The number of hydrogen-bond acceptors (Lipinski definition) is 6. The van der Waals surface area contributed by atoms with E-state index >= 15 is 0 Å². The average Bonchev–Trinajstić information content (AvgIpc) is 3.18. The molecule has 0 saturated carbocycles. The first kappa shape index (κ1) is 23.4. The average molecular weight is 460 g/mol. The molecule has 6 nitrogen and oxygen atoms in total. The van der Waals surface area contributed by atoms with Gasteiger partial charge in [-0.15, -0.1) is 0 Å². The molecule has 166 valence electrons. The maximum Gasteiger partial charge on any atom is 0.260 e. The lowest BCUT2D eigenvalue weighted by Gasteiger charge is -2.25. The van der Waals surface area contributed by atoms with Crippen LogP contribution in [0.5, 0.6) is 0 Å². The molecular formula is C23H29N3O3S2. The Labute approximate surface area is 188 Å². The van der Waals surface area contributed by atoms with Gasteiger partial charge in [0.05, 0.1) is 15.1 Å². The molecule has 0 N–H and O–H groups in total. The summed E-state index contributed by atoms with van der Waals surface area (Å²) in [6.45, 7) is 11.2. The van der Waals surface area contributed by atoms with Crippen molar-refractivity contribution in [1.29, 1.82) is 0 Å². The molecule has 0 bridgehead atoms. The van der Waals surface area contributed by atoms with Crippen molar-refractivity contribution in [1.82, 2.24) is 9.88 Å². The number of hydrogen-bond donors (Lipinski definition) is 0. The molecule has 1 heterocycles. The van der Waals surface area contributed by atoms with Gasteiger partial charge < -0.3 is 4.90 Å². The second-order valence-corrected chi connectivity index (χ2v) is 10.7. The van der Waals surface area contributed by atoms with E-state index in [9.17, 15) is 13.2 Å². The SMILES string of the molecule is CCN(CC)CCN(C(=O)c1cccc(S(C)(=O)=O)c1)c1nc2c(C)c(C)ccc2s1. The molecule has 8 heteroatoms. The zero-order valence-corrected chi connectivity index (χ0v) is 20.3. The molecule has 0 atom stereocenters. The molecule has 0 spiro atoms. The Morgan fingerprint density at radius 2 is 1.77 bits per heavy atom. The van der Waals surface area contributed by atoms with Crippen molar-refractivity contribution in [3.63, 3.8) is 0 Å². The van der Waals surface area contributed by atoms with Crippen LogP contribution in [-0.4, -0.2) is 56.6 Å². The Balaban J connectivity index is 2.04. The maximum absolute atomic E-state index is 13.5. The molecule has 1 aromatic heterocycles. The summed E-state index contributed by atoms with van der Waals surface area (Å²) < 4.78 is 25.0.